The Labute approximate surface area is 136 Å². The van der Waals surface area contributed by atoms with Crippen molar-refractivity contribution in [1.29, 1.82) is 0 Å². The van der Waals surface area contributed by atoms with Crippen molar-refractivity contribution in [3.63, 3.8) is 0 Å². The number of rotatable bonds is 4. The first-order chi connectivity index (χ1) is 9.52. The smallest absolute Gasteiger partial charge is 0.127 e. The van der Waals surface area contributed by atoms with Crippen LogP contribution in [0.3, 0.4) is 0 Å². The lowest BCUT2D eigenvalue weighted by Gasteiger charge is -2.20. The molecule has 0 bridgehead atoms. The summed E-state index contributed by atoms with van der Waals surface area (Å²) in [5, 5.41) is 4.30. The van der Waals surface area contributed by atoms with E-state index in [1.807, 2.05) is 6.07 Å². The van der Waals surface area contributed by atoms with Crippen LogP contribution in [-0.4, -0.2) is 7.05 Å². The molecule has 0 heterocycles. The van der Waals surface area contributed by atoms with E-state index in [1.165, 1.54) is 6.07 Å². The molecule has 2 aromatic rings. The second kappa shape index (κ2) is 6.90. The van der Waals surface area contributed by atoms with E-state index in [4.69, 9.17) is 23.2 Å². The van der Waals surface area contributed by atoms with Gasteiger partial charge in [-0.1, -0.05) is 51.3 Å². The highest BCUT2D eigenvalue weighted by Gasteiger charge is 2.18. The zero-order valence-corrected chi connectivity index (χ0v) is 13.9. The van der Waals surface area contributed by atoms with Crippen LogP contribution in [0.5, 0.6) is 0 Å². The second-order valence-electron chi connectivity index (χ2n) is 4.42. The van der Waals surface area contributed by atoms with E-state index >= 15 is 0 Å². The van der Waals surface area contributed by atoms with E-state index in [0.29, 0.717) is 22.0 Å². The highest BCUT2D eigenvalue weighted by atomic mass is 79.9. The highest BCUT2D eigenvalue weighted by molar-refractivity contribution is 9.10. The molecule has 2 rings (SSSR count). The molecule has 20 heavy (non-hydrogen) atoms. The van der Waals surface area contributed by atoms with Crippen molar-refractivity contribution in [2.24, 2.45) is 0 Å². The SMILES string of the molecule is CNC(Cc1ccc(Br)cc1F)c1c(Cl)cccc1Cl. The molecule has 106 valence electrons. The zero-order chi connectivity index (χ0) is 14.7. The summed E-state index contributed by atoms with van der Waals surface area (Å²) < 4.78 is 14.7. The lowest BCUT2D eigenvalue weighted by Crippen LogP contribution is -2.20. The fraction of sp³-hybridized carbons (Fsp3) is 0.200. The maximum absolute atomic E-state index is 13.9. The first-order valence-corrected chi connectivity index (χ1v) is 7.63. The molecule has 2 aromatic carbocycles. The van der Waals surface area contributed by atoms with E-state index in [-0.39, 0.29) is 11.9 Å². The molecular weight excluding hydrogens is 364 g/mol. The monoisotopic (exact) mass is 375 g/mol. The van der Waals surface area contributed by atoms with Crippen molar-refractivity contribution >= 4 is 39.1 Å². The second-order valence-corrected chi connectivity index (χ2v) is 6.15. The van der Waals surface area contributed by atoms with Crippen LogP contribution in [-0.2, 0) is 6.42 Å². The summed E-state index contributed by atoms with van der Waals surface area (Å²) in [5.41, 5.74) is 1.41. The lowest BCUT2D eigenvalue weighted by atomic mass is 9.98. The van der Waals surface area contributed by atoms with Gasteiger partial charge in [0, 0.05) is 26.1 Å². The topological polar surface area (TPSA) is 12.0 Å². The molecule has 1 unspecified atom stereocenters. The molecule has 0 saturated carbocycles. The Morgan fingerprint density at radius 2 is 1.85 bits per heavy atom. The van der Waals surface area contributed by atoms with Crippen LogP contribution in [0.2, 0.25) is 10.0 Å². The largest absolute Gasteiger partial charge is 0.313 e. The van der Waals surface area contributed by atoms with Crippen LogP contribution in [0, 0.1) is 5.82 Å². The third kappa shape index (κ3) is 3.53. The van der Waals surface area contributed by atoms with E-state index in [1.54, 1.807) is 31.3 Å². The molecular formula is C15H13BrCl2FN. The standard InChI is InChI=1S/C15H13BrCl2FN/c1-20-14(15-11(17)3-2-4-12(15)18)7-9-5-6-10(16)8-13(9)19/h2-6,8,14,20H,7H2,1H3. The van der Waals surface area contributed by atoms with Gasteiger partial charge < -0.3 is 5.32 Å². The molecule has 0 fully saturated rings. The van der Waals surface area contributed by atoms with E-state index in [0.717, 1.165) is 10.0 Å². The van der Waals surface area contributed by atoms with Gasteiger partial charge in [0.2, 0.25) is 0 Å². The Bertz CT molecular complexity index is 599. The first kappa shape index (κ1) is 15.8. The molecule has 0 aliphatic carbocycles. The van der Waals surface area contributed by atoms with Gasteiger partial charge in [0.1, 0.15) is 5.82 Å². The van der Waals surface area contributed by atoms with Gasteiger partial charge in [-0.2, -0.15) is 0 Å². The molecule has 0 saturated heterocycles. The van der Waals surface area contributed by atoms with Gasteiger partial charge in [-0.05, 0) is 43.3 Å². The summed E-state index contributed by atoms with van der Waals surface area (Å²) in [6.07, 6.45) is 0.471. The summed E-state index contributed by atoms with van der Waals surface area (Å²) in [5.74, 6) is -0.247. The third-order valence-corrected chi connectivity index (χ3v) is 4.29. The first-order valence-electron chi connectivity index (χ1n) is 6.08. The molecule has 0 aliphatic heterocycles. The summed E-state index contributed by atoms with van der Waals surface area (Å²) >= 11 is 15.7. The predicted octanol–water partition coefficient (Wildman–Crippen LogP) is 5.40. The van der Waals surface area contributed by atoms with E-state index < -0.39 is 0 Å². The number of benzene rings is 2. The molecule has 1 N–H and O–H groups in total. The zero-order valence-electron chi connectivity index (χ0n) is 10.8. The van der Waals surface area contributed by atoms with Crippen molar-refractivity contribution in [1.82, 2.24) is 5.32 Å². The third-order valence-electron chi connectivity index (χ3n) is 3.14. The van der Waals surface area contributed by atoms with Crippen LogP contribution >= 0.6 is 39.1 Å². The number of likely N-dealkylation sites (N-methyl/N-ethyl adjacent to an activating group) is 1. The fourth-order valence-electron chi connectivity index (χ4n) is 2.10. The molecule has 0 aliphatic rings. The van der Waals surface area contributed by atoms with Gasteiger partial charge >= 0.3 is 0 Å². The summed E-state index contributed by atoms with van der Waals surface area (Å²) in [6.45, 7) is 0. The van der Waals surface area contributed by atoms with Gasteiger partial charge in [-0.3, -0.25) is 0 Å². The van der Waals surface area contributed by atoms with Crippen LogP contribution in [0.1, 0.15) is 17.2 Å². The van der Waals surface area contributed by atoms with Crippen molar-refractivity contribution < 1.29 is 4.39 Å². The van der Waals surface area contributed by atoms with E-state index in [9.17, 15) is 4.39 Å². The molecule has 0 spiro atoms. The summed E-state index contributed by atoms with van der Waals surface area (Å²) in [6, 6.07) is 10.2. The van der Waals surface area contributed by atoms with Gasteiger partial charge in [0.05, 0.1) is 0 Å². The van der Waals surface area contributed by atoms with Gasteiger partial charge in [0.15, 0.2) is 0 Å². The minimum Gasteiger partial charge on any atom is -0.313 e. The average Bonchev–Trinajstić information content (AvgIpc) is 2.39. The van der Waals surface area contributed by atoms with Crippen LogP contribution in [0.25, 0.3) is 0 Å². The number of nitrogens with one attached hydrogen (secondary N) is 1. The number of halogens is 4. The Morgan fingerprint density at radius 1 is 1.20 bits per heavy atom. The maximum Gasteiger partial charge on any atom is 0.127 e. The van der Waals surface area contributed by atoms with E-state index in [2.05, 4.69) is 21.2 Å². The fourth-order valence-corrected chi connectivity index (χ4v) is 3.09. The molecule has 5 heteroatoms. The highest BCUT2D eigenvalue weighted by Crippen LogP contribution is 2.32. The lowest BCUT2D eigenvalue weighted by molar-refractivity contribution is 0.554. The normalized spacial score (nSPS) is 12.4. The van der Waals surface area contributed by atoms with Gasteiger partial charge in [0.25, 0.3) is 0 Å². The minimum atomic E-state index is -0.247. The van der Waals surface area contributed by atoms with Crippen LogP contribution in [0.4, 0.5) is 4.39 Å². The van der Waals surface area contributed by atoms with Crippen LogP contribution < -0.4 is 5.32 Å². The van der Waals surface area contributed by atoms with Crippen molar-refractivity contribution in [3.05, 3.63) is 67.9 Å². The Kier molecular flexibility index (Phi) is 5.44. The Morgan fingerprint density at radius 3 is 2.40 bits per heavy atom. The summed E-state index contributed by atoms with van der Waals surface area (Å²) in [7, 11) is 1.81. The quantitative estimate of drug-likeness (QED) is 0.753. The van der Waals surface area contributed by atoms with Crippen LogP contribution in [0.15, 0.2) is 40.9 Å². The number of hydrogen-bond donors (Lipinski definition) is 1. The van der Waals surface area contributed by atoms with Gasteiger partial charge in [-0.15, -0.1) is 0 Å². The van der Waals surface area contributed by atoms with Crippen molar-refractivity contribution in [2.45, 2.75) is 12.5 Å². The van der Waals surface area contributed by atoms with Crippen molar-refractivity contribution in [3.8, 4) is 0 Å². The molecule has 0 amide bonds. The van der Waals surface area contributed by atoms with Gasteiger partial charge in [-0.25, -0.2) is 4.39 Å². The molecule has 1 atom stereocenters. The Hall–Kier alpha value is -0.610. The minimum absolute atomic E-state index is 0.146. The predicted molar refractivity (Wildman–Crippen MR) is 86.1 cm³/mol. The molecule has 1 nitrogen and oxygen atoms in total. The number of hydrogen-bond acceptors (Lipinski definition) is 1. The van der Waals surface area contributed by atoms with Crippen molar-refractivity contribution in [2.75, 3.05) is 7.05 Å². The Balaban J connectivity index is 2.34. The molecule has 0 aromatic heterocycles. The molecule has 0 radical (unpaired) electrons. The maximum atomic E-state index is 13.9. The summed E-state index contributed by atoms with van der Waals surface area (Å²) in [4.78, 5) is 0. The average molecular weight is 377 g/mol.